The van der Waals surface area contributed by atoms with Crippen molar-refractivity contribution in [2.24, 2.45) is 0 Å². The molecule has 2 heterocycles. The first-order valence-corrected chi connectivity index (χ1v) is 12.8. The molecule has 6 nitrogen and oxygen atoms in total. The molecule has 162 valence electrons. The number of halogens is 1. The second-order valence-electron chi connectivity index (χ2n) is 7.53. The molecule has 0 aliphatic carbocycles. The van der Waals surface area contributed by atoms with Crippen LogP contribution < -0.4 is 0 Å². The summed E-state index contributed by atoms with van der Waals surface area (Å²) in [5, 5.41) is -0.166. The molecule has 1 aromatic carbocycles. The molecule has 29 heavy (non-hydrogen) atoms. The summed E-state index contributed by atoms with van der Waals surface area (Å²) in [5.41, 5.74) is 0.941. The molecule has 1 amide bonds. The SMILES string of the molecule is CCCS(=O)(=O)N1CCN(CCN2C(=O)C(CC)SC2c2ccc(F)cc2)CC1. The van der Waals surface area contributed by atoms with Crippen molar-refractivity contribution in [1.82, 2.24) is 14.1 Å². The van der Waals surface area contributed by atoms with E-state index in [4.69, 9.17) is 0 Å². The van der Waals surface area contributed by atoms with Crippen molar-refractivity contribution in [3.63, 3.8) is 0 Å². The van der Waals surface area contributed by atoms with Gasteiger partial charge in [0.1, 0.15) is 11.2 Å². The highest BCUT2D eigenvalue weighted by Gasteiger charge is 2.40. The van der Waals surface area contributed by atoms with E-state index >= 15 is 0 Å². The highest BCUT2D eigenvalue weighted by atomic mass is 32.2. The third-order valence-electron chi connectivity index (χ3n) is 5.50. The topological polar surface area (TPSA) is 60.9 Å². The second-order valence-corrected chi connectivity index (χ2v) is 10.9. The van der Waals surface area contributed by atoms with E-state index in [2.05, 4.69) is 4.90 Å². The minimum absolute atomic E-state index is 0.0684. The van der Waals surface area contributed by atoms with E-state index in [-0.39, 0.29) is 28.1 Å². The molecule has 0 spiro atoms. The fraction of sp³-hybridized carbons (Fsp3) is 0.650. The molecule has 2 atom stereocenters. The van der Waals surface area contributed by atoms with E-state index in [9.17, 15) is 17.6 Å². The third-order valence-corrected chi connectivity index (χ3v) is 9.23. The van der Waals surface area contributed by atoms with Gasteiger partial charge in [0.15, 0.2) is 0 Å². The first kappa shape index (κ1) is 22.5. The van der Waals surface area contributed by atoms with Crippen molar-refractivity contribution in [2.75, 3.05) is 45.0 Å². The first-order valence-electron chi connectivity index (χ1n) is 10.3. The number of rotatable bonds is 8. The normalized spacial score (nSPS) is 24.4. The largest absolute Gasteiger partial charge is 0.324 e. The standard InChI is InChI=1S/C20H30FN3O3S2/c1-3-15-29(26,27)23-12-9-22(10-13-23)11-14-24-19(25)18(4-2)28-20(24)16-5-7-17(21)8-6-16/h5-8,18,20H,3-4,9-15H2,1-2H3. The lowest BCUT2D eigenvalue weighted by Gasteiger charge is -2.35. The van der Waals surface area contributed by atoms with E-state index in [1.807, 2.05) is 18.7 Å². The van der Waals surface area contributed by atoms with E-state index in [1.54, 1.807) is 28.2 Å². The summed E-state index contributed by atoms with van der Waals surface area (Å²) in [6.07, 6.45) is 1.40. The summed E-state index contributed by atoms with van der Waals surface area (Å²) in [6, 6.07) is 6.38. The highest BCUT2D eigenvalue weighted by molar-refractivity contribution is 8.01. The van der Waals surface area contributed by atoms with Gasteiger partial charge in [-0.1, -0.05) is 26.0 Å². The van der Waals surface area contributed by atoms with E-state index in [1.165, 1.54) is 12.1 Å². The van der Waals surface area contributed by atoms with Gasteiger partial charge in [-0.15, -0.1) is 11.8 Å². The van der Waals surface area contributed by atoms with E-state index in [0.717, 1.165) is 12.0 Å². The molecule has 0 radical (unpaired) electrons. The maximum atomic E-state index is 13.3. The summed E-state index contributed by atoms with van der Waals surface area (Å²) in [4.78, 5) is 17.0. The molecule has 0 N–H and O–H groups in total. The van der Waals surface area contributed by atoms with Crippen LogP contribution in [0.25, 0.3) is 0 Å². The number of carbonyl (C=O) groups excluding carboxylic acids is 1. The Morgan fingerprint density at radius 2 is 1.72 bits per heavy atom. The number of benzene rings is 1. The van der Waals surface area contributed by atoms with Gasteiger partial charge in [-0.05, 0) is 30.5 Å². The maximum Gasteiger partial charge on any atom is 0.236 e. The van der Waals surface area contributed by atoms with Crippen LogP contribution in [0.4, 0.5) is 4.39 Å². The lowest BCUT2D eigenvalue weighted by molar-refractivity contribution is -0.130. The maximum absolute atomic E-state index is 13.3. The Labute approximate surface area is 177 Å². The number of sulfonamides is 1. The zero-order valence-corrected chi connectivity index (χ0v) is 18.7. The monoisotopic (exact) mass is 443 g/mol. The molecule has 3 rings (SSSR count). The Hall–Kier alpha value is -1.16. The number of piperazine rings is 1. The predicted molar refractivity (Wildman–Crippen MR) is 115 cm³/mol. The second kappa shape index (κ2) is 9.76. The van der Waals surface area contributed by atoms with Gasteiger partial charge in [0, 0.05) is 39.3 Å². The number of hydrogen-bond donors (Lipinski definition) is 0. The van der Waals surface area contributed by atoms with Crippen LogP contribution in [0, 0.1) is 5.82 Å². The quantitative estimate of drug-likeness (QED) is 0.618. The van der Waals surface area contributed by atoms with Crippen LogP contribution in [-0.4, -0.2) is 78.7 Å². The van der Waals surface area contributed by atoms with Crippen LogP contribution in [0.2, 0.25) is 0 Å². The van der Waals surface area contributed by atoms with Crippen LogP contribution in [0.1, 0.15) is 37.6 Å². The Morgan fingerprint density at radius 1 is 1.07 bits per heavy atom. The van der Waals surface area contributed by atoms with Crippen molar-refractivity contribution < 1.29 is 17.6 Å². The van der Waals surface area contributed by atoms with Crippen LogP contribution >= 0.6 is 11.8 Å². The molecular formula is C20H30FN3O3S2. The number of thioether (sulfide) groups is 1. The smallest absolute Gasteiger partial charge is 0.236 e. The summed E-state index contributed by atoms with van der Waals surface area (Å²) in [7, 11) is -3.15. The minimum Gasteiger partial charge on any atom is -0.324 e. The first-order chi connectivity index (χ1) is 13.9. The molecule has 0 bridgehead atoms. The zero-order chi connectivity index (χ0) is 21.0. The van der Waals surface area contributed by atoms with Crippen molar-refractivity contribution in [2.45, 2.75) is 37.3 Å². The molecule has 0 saturated carbocycles. The molecule has 2 unspecified atom stereocenters. The van der Waals surface area contributed by atoms with Gasteiger partial charge in [-0.3, -0.25) is 9.69 Å². The molecular weight excluding hydrogens is 413 g/mol. The van der Waals surface area contributed by atoms with E-state index in [0.29, 0.717) is 45.7 Å². The van der Waals surface area contributed by atoms with Crippen molar-refractivity contribution in [3.05, 3.63) is 35.6 Å². The summed E-state index contributed by atoms with van der Waals surface area (Å²) in [6.45, 7) is 7.55. The van der Waals surface area contributed by atoms with Crippen LogP contribution in [-0.2, 0) is 14.8 Å². The lowest BCUT2D eigenvalue weighted by atomic mass is 10.2. The zero-order valence-electron chi connectivity index (χ0n) is 17.1. The summed E-state index contributed by atoms with van der Waals surface area (Å²) in [5.74, 6) is 0.0538. The van der Waals surface area contributed by atoms with Gasteiger partial charge in [0.05, 0.1) is 11.0 Å². The number of hydrogen-bond acceptors (Lipinski definition) is 5. The van der Waals surface area contributed by atoms with E-state index < -0.39 is 10.0 Å². The van der Waals surface area contributed by atoms with Crippen molar-refractivity contribution in [1.29, 1.82) is 0 Å². The van der Waals surface area contributed by atoms with Crippen molar-refractivity contribution in [3.8, 4) is 0 Å². The Balaban J connectivity index is 1.59. The minimum atomic E-state index is -3.15. The Kier molecular flexibility index (Phi) is 7.58. The summed E-state index contributed by atoms with van der Waals surface area (Å²) < 4.78 is 39.3. The lowest BCUT2D eigenvalue weighted by Crippen LogP contribution is -2.51. The van der Waals surface area contributed by atoms with Gasteiger partial charge < -0.3 is 4.90 Å². The van der Waals surface area contributed by atoms with Crippen LogP contribution in [0.5, 0.6) is 0 Å². The molecule has 2 aliphatic rings. The third kappa shape index (κ3) is 5.31. The fourth-order valence-corrected chi connectivity index (χ4v) is 6.76. The van der Waals surface area contributed by atoms with Crippen LogP contribution in [0.15, 0.2) is 24.3 Å². The molecule has 0 aromatic heterocycles. The fourth-order valence-electron chi connectivity index (χ4n) is 3.84. The predicted octanol–water partition coefficient (Wildman–Crippen LogP) is 2.54. The van der Waals surface area contributed by atoms with Crippen LogP contribution in [0.3, 0.4) is 0 Å². The summed E-state index contributed by atoms with van der Waals surface area (Å²) >= 11 is 1.63. The average Bonchev–Trinajstić information content (AvgIpc) is 3.03. The molecule has 2 saturated heterocycles. The van der Waals surface area contributed by atoms with Gasteiger partial charge in [-0.25, -0.2) is 12.8 Å². The highest BCUT2D eigenvalue weighted by Crippen LogP contribution is 2.44. The molecule has 1 aromatic rings. The number of amides is 1. The van der Waals surface area contributed by atoms with Gasteiger partial charge >= 0.3 is 0 Å². The number of carbonyl (C=O) groups is 1. The van der Waals surface area contributed by atoms with Gasteiger partial charge in [0.25, 0.3) is 0 Å². The van der Waals surface area contributed by atoms with Crippen molar-refractivity contribution >= 4 is 27.7 Å². The van der Waals surface area contributed by atoms with Gasteiger partial charge in [-0.2, -0.15) is 4.31 Å². The average molecular weight is 444 g/mol. The number of nitrogens with zero attached hydrogens (tertiary/aromatic N) is 3. The molecule has 2 aliphatic heterocycles. The Morgan fingerprint density at radius 3 is 2.31 bits per heavy atom. The molecule has 2 fully saturated rings. The van der Waals surface area contributed by atoms with Gasteiger partial charge in [0.2, 0.25) is 15.9 Å². The molecule has 9 heteroatoms. The Bertz CT molecular complexity index is 796.